The zero-order valence-electron chi connectivity index (χ0n) is 13.7. The third kappa shape index (κ3) is 4.06. The Labute approximate surface area is 150 Å². The molecule has 3 aromatic rings. The van der Waals surface area contributed by atoms with Crippen LogP contribution in [0.2, 0.25) is 5.02 Å². The van der Waals surface area contributed by atoms with Crippen LogP contribution in [0.1, 0.15) is 15.9 Å². The van der Waals surface area contributed by atoms with Crippen molar-refractivity contribution < 1.29 is 9.18 Å². The molecule has 4 nitrogen and oxygen atoms in total. The lowest BCUT2D eigenvalue weighted by Crippen LogP contribution is -2.29. The maximum absolute atomic E-state index is 12.9. The third-order valence-corrected chi connectivity index (χ3v) is 4.25. The normalized spacial score (nSPS) is 10.7. The SMILES string of the molecule is CN(CCc1ccc(F)cc1)C(=O)c1cn[nH]c1-c1ccc(Cl)cc1. The molecule has 0 aliphatic heterocycles. The van der Waals surface area contributed by atoms with E-state index >= 15 is 0 Å². The van der Waals surface area contributed by atoms with E-state index < -0.39 is 0 Å². The fourth-order valence-electron chi connectivity index (χ4n) is 2.54. The molecule has 0 saturated heterocycles. The first-order valence-electron chi connectivity index (χ1n) is 7.84. The van der Waals surface area contributed by atoms with E-state index in [4.69, 9.17) is 11.6 Å². The minimum absolute atomic E-state index is 0.124. The van der Waals surface area contributed by atoms with Crippen LogP contribution in [0.25, 0.3) is 11.3 Å². The number of nitrogens with one attached hydrogen (secondary N) is 1. The van der Waals surface area contributed by atoms with Gasteiger partial charge in [0.15, 0.2) is 0 Å². The van der Waals surface area contributed by atoms with E-state index in [2.05, 4.69) is 10.2 Å². The molecule has 0 radical (unpaired) electrons. The number of likely N-dealkylation sites (N-methyl/N-ethyl adjacent to an activating group) is 1. The van der Waals surface area contributed by atoms with Gasteiger partial charge in [0.25, 0.3) is 5.91 Å². The number of hydrogen-bond donors (Lipinski definition) is 1. The largest absolute Gasteiger partial charge is 0.341 e. The Kier molecular flexibility index (Phi) is 5.14. The monoisotopic (exact) mass is 357 g/mol. The second-order valence-electron chi connectivity index (χ2n) is 5.77. The van der Waals surface area contributed by atoms with E-state index in [-0.39, 0.29) is 11.7 Å². The van der Waals surface area contributed by atoms with Crippen LogP contribution in [0.5, 0.6) is 0 Å². The topological polar surface area (TPSA) is 49.0 Å². The molecule has 0 bridgehead atoms. The zero-order valence-corrected chi connectivity index (χ0v) is 14.4. The maximum Gasteiger partial charge on any atom is 0.257 e. The number of H-pyrrole nitrogens is 1. The summed E-state index contributed by atoms with van der Waals surface area (Å²) in [6, 6.07) is 13.5. The number of amides is 1. The first-order valence-corrected chi connectivity index (χ1v) is 8.21. The molecule has 3 rings (SSSR count). The van der Waals surface area contributed by atoms with Gasteiger partial charge in [-0.3, -0.25) is 9.89 Å². The Morgan fingerprint density at radius 1 is 1.16 bits per heavy atom. The summed E-state index contributed by atoms with van der Waals surface area (Å²) in [4.78, 5) is 14.4. The number of nitrogens with zero attached hydrogens (tertiary/aromatic N) is 2. The summed E-state index contributed by atoms with van der Waals surface area (Å²) in [6.45, 7) is 0.524. The summed E-state index contributed by atoms with van der Waals surface area (Å²) < 4.78 is 12.9. The number of rotatable bonds is 5. The molecule has 0 unspecified atom stereocenters. The molecule has 6 heteroatoms. The molecule has 0 aliphatic rings. The summed E-state index contributed by atoms with van der Waals surface area (Å²) in [5, 5.41) is 7.51. The number of carbonyl (C=O) groups excluding carboxylic acids is 1. The average molecular weight is 358 g/mol. The quantitative estimate of drug-likeness (QED) is 0.744. The van der Waals surface area contributed by atoms with Gasteiger partial charge in [0.2, 0.25) is 0 Å². The first-order chi connectivity index (χ1) is 12.0. The van der Waals surface area contributed by atoms with Gasteiger partial charge < -0.3 is 4.90 Å². The van der Waals surface area contributed by atoms with E-state index in [0.717, 1.165) is 11.1 Å². The van der Waals surface area contributed by atoms with Gasteiger partial charge in [-0.1, -0.05) is 35.9 Å². The highest BCUT2D eigenvalue weighted by Crippen LogP contribution is 2.23. The molecule has 1 aromatic heterocycles. The van der Waals surface area contributed by atoms with Gasteiger partial charge in [0, 0.05) is 24.2 Å². The summed E-state index contributed by atoms with van der Waals surface area (Å²) in [7, 11) is 1.74. The standard InChI is InChI=1S/C19H17ClFN3O/c1-24(11-10-13-2-8-16(21)9-3-13)19(25)17-12-22-23-18(17)14-4-6-15(20)7-5-14/h2-9,12H,10-11H2,1H3,(H,22,23). The van der Waals surface area contributed by atoms with Crippen LogP contribution in [-0.4, -0.2) is 34.6 Å². The lowest BCUT2D eigenvalue weighted by atomic mass is 10.1. The molecule has 0 aliphatic carbocycles. The highest BCUT2D eigenvalue weighted by molar-refractivity contribution is 6.30. The fourth-order valence-corrected chi connectivity index (χ4v) is 2.67. The van der Waals surface area contributed by atoms with Gasteiger partial charge in [0.05, 0.1) is 17.5 Å². The molecule has 0 fully saturated rings. The fraction of sp³-hybridized carbons (Fsp3) is 0.158. The Morgan fingerprint density at radius 3 is 2.52 bits per heavy atom. The van der Waals surface area contributed by atoms with Gasteiger partial charge in [-0.2, -0.15) is 5.10 Å². The van der Waals surface area contributed by atoms with Gasteiger partial charge in [0.1, 0.15) is 5.82 Å². The number of hydrogen-bond acceptors (Lipinski definition) is 2. The lowest BCUT2D eigenvalue weighted by Gasteiger charge is -2.17. The Bertz CT molecular complexity index is 859. The van der Waals surface area contributed by atoms with Crippen LogP contribution in [0, 0.1) is 5.82 Å². The maximum atomic E-state index is 12.9. The van der Waals surface area contributed by atoms with Crippen molar-refractivity contribution >= 4 is 17.5 Å². The predicted octanol–water partition coefficient (Wildman–Crippen LogP) is 4.18. The van der Waals surface area contributed by atoms with Gasteiger partial charge in [-0.05, 0) is 36.2 Å². The summed E-state index contributed by atoms with van der Waals surface area (Å²) in [5.74, 6) is -0.389. The molecule has 1 amide bonds. The number of carbonyl (C=O) groups is 1. The van der Waals surface area contributed by atoms with Crippen molar-refractivity contribution in [2.75, 3.05) is 13.6 Å². The van der Waals surface area contributed by atoms with Crippen LogP contribution < -0.4 is 0 Å². The van der Waals surface area contributed by atoms with Crippen molar-refractivity contribution in [1.82, 2.24) is 15.1 Å². The van der Waals surface area contributed by atoms with E-state index in [0.29, 0.717) is 29.2 Å². The van der Waals surface area contributed by atoms with Crippen molar-refractivity contribution in [2.24, 2.45) is 0 Å². The Hall–Kier alpha value is -2.66. The Balaban J connectivity index is 1.71. The molecule has 25 heavy (non-hydrogen) atoms. The summed E-state index contributed by atoms with van der Waals surface area (Å²) in [5.41, 5.74) is 2.99. The molecule has 128 valence electrons. The smallest absolute Gasteiger partial charge is 0.257 e. The van der Waals surface area contributed by atoms with Crippen molar-refractivity contribution in [3.05, 3.63) is 76.7 Å². The van der Waals surface area contributed by atoms with E-state index in [9.17, 15) is 9.18 Å². The molecular formula is C19H17ClFN3O. The van der Waals surface area contributed by atoms with Crippen LogP contribution >= 0.6 is 11.6 Å². The molecule has 1 heterocycles. The van der Waals surface area contributed by atoms with Crippen LogP contribution in [0.3, 0.4) is 0 Å². The van der Waals surface area contributed by atoms with Crippen molar-refractivity contribution in [1.29, 1.82) is 0 Å². The summed E-state index contributed by atoms with van der Waals surface area (Å²) in [6.07, 6.45) is 2.18. The van der Waals surface area contributed by atoms with Crippen molar-refractivity contribution in [3.63, 3.8) is 0 Å². The molecular weight excluding hydrogens is 341 g/mol. The second kappa shape index (κ2) is 7.49. The van der Waals surface area contributed by atoms with Crippen LogP contribution in [0.15, 0.2) is 54.7 Å². The Morgan fingerprint density at radius 2 is 1.84 bits per heavy atom. The molecule has 0 saturated carbocycles. The number of aromatic nitrogens is 2. The van der Waals surface area contributed by atoms with Gasteiger partial charge in [-0.25, -0.2) is 4.39 Å². The van der Waals surface area contributed by atoms with Gasteiger partial charge >= 0.3 is 0 Å². The van der Waals surface area contributed by atoms with Crippen LogP contribution in [-0.2, 0) is 6.42 Å². The molecule has 2 aromatic carbocycles. The van der Waals surface area contributed by atoms with E-state index in [1.807, 2.05) is 12.1 Å². The number of halogens is 2. The average Bonchev–Trinajstić information content (AvgIpc) is 3.10. The predicted molar refractivity (Wildman–Crippen MR) is 96.1 cm³/mol. The molecule has 0 spiro atoms. The first kappa shape index (κ1) is 17.2. The molecule has 1 N–H and O–H groups in total. The number of aromatic amines is 1. The summed E-state index contributed by atoms with van der Waals surface area (Å²) >= 11 is 5.91. The van der Waals surface area contributed by atoms with Crippen molar-refractivity contribution in [2.45, 2.75) is 6.42 Å². The molecule has 0 atom stereocenters. The third-order valence-electron chi connectivity index (χ3n) is 4.00. The van der Waals surface area contributed by atoms with E-state index in [1.165, 1.54) is 18.3 Å². The second-order valence-corrected chi connectivity index (χ2v) is 6.21. The minimum atomic E-state index is -0.265. The van der Waals surface area contributed by atoms with Crippen LogP contribution in [0.4, 0.5) is 4.39 Å². The lowest BCUT2D eigenvalue weighted by molar-refractivity contribution is 0.0797. The highest BCUT2D eigenvalue weighted by Gasteiger charge is 2.18. The van der Waals surface area contributed by atoms with Crippen molar-refractivity contribution in [3.8, 4) is 11.3 Å². The highest BCUT2D eigenvalue weighted by atomic mass is 35.5. The number of benzene rings is 2. The minimum Gasteiger partial charge on any atom is -0.341 e. The van der Waals surface area contributed by atoms with Gasteiger partial charge in [-0.15, -0.1) is 0 Å². The van der Waals surface area contributed by atoms with E-state index in [1.54, 1.807) is 36.2 Å². The zero-order chi connectivity index (χ0) is 17.8.